The molecule has 0 bridgehead atoms. The lowest BCUT2D eigenvalue weighted by Gasteiger charge is -2.18. The Morgan fingerprint density at radius 1 is 1.69 bits per heavy atom. The highest BCUT2D eigenvalue weighted by Crippen LogP contribution is 2.13. The Bertz CT molecular complexity index is 478. The molecule has 0 aliphatic rings. The van der Waals surface area contributed by atoms with Crippen molar-refractivity contribution in [3.8, 4) is 0 Å². The molecular formula is C8H15N5O2S. The highest BCUT2D eigenvalue weighted by Gasteiger charge is 2.24. The molecule has 0 unspecified atom stereocenters. The predicted molar refractivity (Wildman–Crippen MR) is 59.6 cm³/mol. The zero-order valence-electron chi connectivity index (χ0n) is 9.21. The molecule has 0 atom stereocenters. The summed E-state index contributed by atoms with van der Waals surface area (Å²) in [5, 5.41) is 10.9. The molecule has 0 amide bonds. The van der Waals surface area contributed by atoms with Gasteiger partial charge in [0.05, 0.1) is 12.7 Å². The Morgan fingerprint density at radius 3 is 2.69 bits per heavy atom. The fourth-order valence-corrected chi connectivity index (χ4v) is 2.65. The molecule has 1 rings (SSSR count). The third-order valence-corrected chi connectivity index (χ3v) is 3.89. The van der Waals surface area contributed by atoms with Crippen LogP contribution in [-0.2, 0) is 17.1 Å². The summed E-state index contributed by atoms with van der Waals surface area (Å²) in [6, 6.07) is 0. The number of nitrogens with one attached hydrogen (secondary N) is 1. The minimum atomic E-state index is -3.60. The lowest BCUT2D eigenvalue weighted by atomic mass is 10.6. The number of nitrogens with two attached hydrogens (primary N) is 1. The van der Waals surface area contributed by atoms with E-state index in [9.17, 15) is 8.42 Å². The van der Waals surface area contributed by atoms with Crippen LogP contribution in [0.4, 0.5) is 0 Å². The quantitative estimate of drug-likeness (QED) is 0.532. The number of rotatable bonds is 5. The highest BCUT2D eigenvalue weighted by atomic mass is 32.2. The van der Waals surface area contributed by atoms with Crippen LogP contribution in [0.15, 0.2) is 17.3 Å². The number of hydrogen-bond acceptors (Lipinski definition) is 4. The molecule has 0 fully saturated rings. The van der Waals surface area contributed by atoms with E-state index in [4.69, 9.17) is 11.1 Å². The molecule has 0 aliphatic heterocycles. The first-order chi connectivity index (χ1) is 7.37. The van der Waals surface area contributed by atoms with Crippen LogP contribution < -0.4 is 5.73 Å². The smallest absolute Gasteiger partial charge is 0.246 e. The van der Waals surface area contributed by atoms with E-state index < -0.39 is 10.0 Å². The van der Waals surface area contributed by atoms with Gasteiger partial charge >= 0.3 is 0 Å². The molecule has 7 nitrogen and oxygen atoms in total. The van der Waals surface area contributed by atoms with Crippen molar-refractivity contribution in [2.24, 2.45) is 12.8 Å². The Balaban J connectivity index is 3.04. The summed E-state index contributed by atoms with van der Waals surface area (Å²) >= 11 is 0. The van der Waals surface area contributed by atoms with E-state index in [2.05, 4.69) is 5.10 Å². The summed E-state index contributed by atoms with van der Waals surface area (Å²) in [5.41, 5.74) is 5.21. The van der Waals surface area contributed by atoms with Crippen LogP contribution in [0.2, 0.25) is 0 Å². The van der Waals surface area contributed by atoms with E-state index >= 15 is 0 Å². The highest BCUT2D eigenvalue weighted by molar-refractivity contribution is 7.89. The summed E-state index contributed by atoms with van der Waals surface area (Å²) in [6.45, 7) is 1.85. The number of likely N-dealkylation sites (N-methyl/N-ethyl adjacent to an activating group) is 1. The molecule has 1 aromatic rings. The third-order valence-electron chi connectivity index (χ3n) is 2.02. The number of aryl methyl sites for hydroxylation is 1. The summed E-state index contributed by atoms with van der Waals surface area (Å²) in [6.07, 6.45) is 2.69. The lowest BCUT2D eigenvalue weighted by Crippen LogP contribution is -2.37. The monoisotopic (exact) mass is 245 g/mol. The van der Waals surface area contributed by atoms with E-state index in [1.807, 2.05) is 0 Å². The predicted octanol–water partition coefficient (Wildman–Crippen LogP) is -0.633. The zero-order valence-corrected chi connectivity index (χ0v) is 10.0. The second kappa shape index (κ2) is 4.62. The topological polar surface area (TPSA) is 105 Å². The normalized spacial score (nSPS) is 11.9. The summed E-state index contributed by atoms with van der Waals surface area (Å²) in [7, 11) is -1.96. The van der Waals surface area contributed by atoms with E-state index in [1.165, 1.54) is 17.1 Å². The van der Waals surface area contributed by atoms with Gasteiger partial charge in [0, 0.05) is 19.8 Å². The maximum absolute atomic E-state index is 12.0. The van der Waals surface area contributed by atoms with E-state index in [-0.39, 0.29) is 23.8 Å². The molecule has 0 aromatic carbocycles. The van der Waals surface area contributed by atoms with Crippen molar-refractivity contribution in [3.05, 3.63) is 12.4 Å². The average molecular weight is 245 g/mol. The lowest BCUT2D eigenvalue weighted by molar-refractivity contribution is 0.466. The second-order valence-electron chi connectivity index (χ2n) is 3.31. The first-order valence-corrected chi connectivity index (χ1v) is 6.13. The van der Waals surface area contributed by atoms with Crippen molar-refractivity contribution in [1.29, 1.82) is 5.41 Å². The van der Waals surface area contributed by atoms with Gasteiger partial charge in [0.15, 0.2) is 0 Å². The fourth-order valence-electron chi connectivity index (χ4n) is 1.24. The zero-order chi connectivity index (χ0) is 12.3. The van der Waals surface area contributed by atoms with Gasteiger partial charge in [-0.15, -0.1) is 0 Å². The van der Waals surface area contributed by atoms with Crippen LogP contribution in [0.3, 0.4) is 0 Å². The van der Waals surface area contributed by atoms with Gasteiger partial charge in [-0.2, -0.15) is 9.40 Å². The second-order valence-corrected chi connectivity index (χ2v) is 5.24. The van der Waals surface area contributed by atoms with Crippen molar-refractivity contribution in [3.63, 3.8) is 0 Å². The van der Waals surface area contributed by atoms with Crippen molar-refractivity contribution < 1.29 is 8.42 Å². The van der Waals surface area contributed by atoms with Crippen LogP contribution in [0.5, 0.6) is 0 Å². The minimum Gasteiger partial charge on any atom is -0.387 e. The Hall–Kier alpha value is -1.41. The van der Waals surface area contributed by atoms with Crippen LogP contribution in [0.25, 0.3) is 0 Å². The SMILES string of the molecule is CCN(CC(=N)N)S(=O)(=O)c1cnn(C)c1. The summed E-state index contributed by atoms with van der Waals surface area (Å²) in [5.74, 6) is -0.186. The van der Waals surface area contributed by atoms with Crippen LogP contribution in [-0.4, -0.2) is 41.4 Å². The molecule has 0 saturated heterocycles. The summed E-state index contributed by atoms with van der Waals surface area (Å²) in [4.78, 5) is 0.109. The molecule has 3 N–H and O–H groups in total. The van der Waals surface area contributed by atoms with Gasteiger partial charge in [-0.3, -0.25) is 10.1 Å². The molecule has 1 aromatic heterocycles. The maximum Gasteiger partial charge on any atom is 0.246 e. The van der Waals surface area contributed by atoms with E-state index in [1.54, 1.807) is 14.0 Å². The molecule has 8 heteroatoms. The molecular weight excluding hydrogens is 230 g/mol. The van der Waals surface area contributed by atoms with Crippen molar-refractivity contribution in [1.82, 2.24) is 14.1 Å². The Kier molecular flexibility index (Phi) is 3.66. The molecule has 16 heavy (non-hydrogen) atoms. The van der Waals surface area contributed by atoms with Gasteiger partial charge < -0.3 is 5.73 Å². The molecule has 0 radical (unpaired) electrons. The number of amidine groups is 1. The minimum absolute atomic E-state index is 0.103. The number of sulfonamides is 1. The van der Waals surface area contributed by atoms with Gasteiger partial charge in [-0.1, -0.05) is 6.92 Å². The van der Waals surface area contributed by atoms with Gasteiger partial charge in [0.25, 0.3) is 0 Å². The van der Waals surface area contributed by atoms with Crippen LogP contribution in [0, 0.1) is 5.41 Å². The van der Waals surface area contributed by atoms with Gasteiger partial charge in [-0.05, 0) is 0 Å². The standard InChI is InChI=1S/C8H15N5O2S/c1-3-13(6-8(9)10)16(14,15)7-4-11-12(2)5-7/h4-5H,3,6H2,1-2H3,(H3,9,10). The van der Waals surface area contributed by atoms with Gasteiger partial charge in [0.1, 0.15) is 10.7 Å². The average Bonchev–Trinajstić information content (AvgIpc) is 2.61. The van der Waals surface area contributed by atoms with E-state index in [0.717, 1.165) is 4.31 Å². The number of hydrogen-bond donors (Lipinski definition) is 2. The molecule has 90 valence electrons. The molecule has 0 saturated carbocycles. The summed E-state index contributed by atoms with van der Waals surface area (Å²) < 4.78 is 26.6. The third kappa shape index (κ3) is 2.58. The van der Waals surface area contributed by atoms with Crippen molar-refractivity contribution in [2.75, 3.05) is 13.1 Å². The van der Waals surface area contributed by atoms with E-state index in [0.29, 0.717) is 0 Å². The largest absolute Gasteiger partial charge is 0.387 e. The van der Waals surface area contributed by atoms with Gasteiger partial charge in [-0.25, -0.2) is 8.42 Å². The molecule has 1 heterocycles. The fraction of sp³-hybridized carbons (Fsp3) is 0.500. The van der Waals surface area contributed by atoms with Gasteiger partial charge in [0.2, 0.25) is 10.0 Å². The number of nitrogens with zero attached hydrogens (tertiary/aromatic N) is 3. The molecule has 0 spiro atoms. The maximum atomic E-state index is 12.0. The first kappa shape index (κ1) is 12.7. The van der Waals surface area contributed by atoms with Crippen molar-refractivity contribution in [2.45, 2.75) is 11.8 Å². The Labute approximate surface area is 94.4 Å². The Morgan fingerprint density at radius 2 is 2.31 bits per heavy atom. The van der Waals surface area contributed by atoms with Crippen LogP contribution in [0.1, 0.15) is 6.92 Å². The molecule has 0 aliphatic carbocycles. The van der Waals surface area contributed by atoms with Crippen molar-refractivity contribution >= 4 is 15.9 Å². The first-order valence-electron chi connectivity index (χ1n) is 4.69. The number of aromatic nitrogens is 2. The van der Waals surface area contributed by atoms with Crippen LogP contribution >= 0.6 is 0 Å².